The maximum Gasteiger partial charge on any atom is 0.235 e. The Morgan fingerprint density at radius 2 is 1.10 bits per heavy atom. The molecule has 16 heteroatoms. The number of benzene rings is 3. The van der Waals surface area contributed by atoms with E-state index in [0.29, 0.717) is 6.07 Å². The molecule has 0 unspecified atom stereocenters. The molecule has 3 rings (SSSR count). The predicted molar refractivity (Wildman–Crippen MR) is 144 cm³/mol. The maximum absolute atomic E-state index is 13.5. The van der Waals surface area contributed by atoms with Crippen LogP contribution in [0.4, 0.5) is 43.4 Å². The van der Waals surface area contributed by atoms with Crippen molar-refractivity contribution in [1.29, 1.82) is 0 Å². The van der Waals surface area contributed by atoms with E-state index in [1.54, 1.807) is 0 Å². The summed E-state index contributed by atoms with van der Waals surface area (Å²) in [6.45, 7) is 5.74. The summed E-state index contributed by atoms with van der Waals surface area (Å²) < 4.78 is 126. The summed E-state index contributed by atoms with van der Waals surface area (Å²) in [7, 11) is -7.34. The lowest BCUT2D eigenvalue weighted by Crippen LogP contribution is -2.23. The van der Waals surface area contributed by atoms with E-state index in [9.17, 15) is 48.0 Å². The van der Waals surface area contributed by atoms with E-state index in [-0.39, 0.29) is 17.7 Å². The number of aldehydes is 1. The molecule has 41 heavy (non-hydrogen) atoms. The molecule has 0 amide bonds. The molecule has 226 valence electrons. The predicted octanol–water partition coefficient (Wildman–Crippen LogP) is 5.59. The highest BCUT2D eigenvalue weighted by molar-refractivity contribution is 7.93. The van der Waals surface area contributed by atoms with Gasteiger partial charge in [-0.3, -0.25) is 14.2 Å². The van der Waals surface area contributed by atoms with Crippen molar-refractivity contribution in [2.75, 3.05) is 15.2 Å². The van der Waals surface area contributed by atoms with Gasteiger partial charge >= 0.3 is 0 Å². The quantitative estimate of drug-likeness (QED) is 0.178. The zero-order chi connectivity index (χ0) is 31.7. The van der Waals surface area contributed by atoms with Crippen LogP contribution in [0.3, 0.4) is 0 Å². The fourth-order valence-corrected chi connectivity index (χ4v) is 3.78. The molecule has 0 bridgehead atoms. The summed E-state index contributed by atoms with van der Waals surface area (Å²) in [5.74, 6) is -5.26. The molecular formula is C25H27F6N3O5S2. The van der Waals surface area contributed by atoms with Gasteiger partial charge in [0.25, 0.3) is 0 Å². The van der Waals surface area contributed by atoms with Crippen LogP contribution in [0, 0.1) is 34.9 Å². The van der Waals surface area contributed by atoms with Crippen LogP contribution in [0.15, 0.2) is 48.5 Å². The smallest absolute Gasteiger partial charge is 0.235 e. The Balaban J connectivity index is 0.000000321. The van der Waals surface area contributed by atoms with Gasteiger partial charge in [0.15, 0.2) is 12.1 Å². The number of halogens is 6. The number of anilines is 3. The summed E-state index contributed by atoms with van der Waals surface area (Å²) in [6.07, 6.45) is -0.00214. The van der Waals surface area contributed by atoms with Gasteiger partial charge in [0.2, 0.25) is 20.0 Å². The Bertz CT molecular complexity index is 1580. The zero-order valence-electron chi connectivity index (χ0n) is 22.1. The van der Waals surface area contributed by atoms with Crippen molar-refractivity contribution in [3.8, 4) is 0 Å². The second-order valence-electron chi connectivity index (χ2n) is 8.62. The normalized spacial score (nSPS) is 11.2. The topological polar surface area (TPSA) is 135 Å². The molecule has 4 N–H and O–H groups in total. The molecule has 0 aliphatic rings. The number of hydrogen-bond acceptors (Lipinski definition) is 6. The van der Waals surface area contributed by atoms with Gasteiger partial charge in [-0.1, -0.05) is 0 Å². The number of nitrogens with one attached hydrogen (secondary N) is 2. The molecule has 0 radical (unpaired) electrons. The third-order valence-electron chi connectivity index (χ3n) is 4.88. The third kappa shape index (κ3) is 10.6. The van der Waals surface area contributed by atoms with Crippen molar-refractivity contribution < 1.29 is 48.0 Å². The van der Waals surface area contributed by atoms with Crippen LogP contribution >= 0.6 is 0 Å². The van der Waals surface area contributed by atoms with Gasteiger partial charge in [-0.15, -0.1) is 0 Å². The molecule has 0 fully saturated rings. The molecule has 0 spiro atoms. The lowest BCUT2D eigenvalue weighted by molar-refractivity contribution is 0.111. The molecular weight excluding hydrogens is 600 g/mol. The van der Waals surface area contributed by atoms with Crippen LogP contribution in [0.1, 0.15) is 38.1 Å². The lowest BCUT2D eigenvalue weighted by atomic mass is 10.2. The Kier molecular flexibility index (Phi) is 12.7. The third-order valence-corrected chi connectivity index (χ3v) is 8.37. The minimum Gasteiger partial charge on any atom is -0.396 e. The Hall–Kier alpha value is -3.79. The highest BCUT2D eigenvalue weighted by atomic mass is 32.2. The van der Waals surface area contributed by atoms with Crippen LogP contribution in [0.2, 0.25) is 0 Å². The molecule has 0 aromatic heterocycles. The van der Waals surface area contributed by atoms with Gasteiger partial charge < -0.3 is 5.73 Å². The van der Waals surface area contributed by atoms with E-state index < -0.39 is 76.7 Å². The molecule has 0 aliphatic carbocycles. The first kappa shape index (κ1) is 35.2. The van der Waals surface area contributed by atoms with Crippen molar-refractivity contribution in [2.24, 2.45) is 0 Å². The molecule has 0 saturated heterocycles. The van der Waals surface area contributed by atoms with E-state index in [4.69, 9.17) is 5.73 Å². The maximum atomic E-state index is 13.5. The van der Waals surface area contributed by atoms with Gasteiger partial charge in [0, 0.05) is 12.1 Å². The van der Waals surface area contributed by atoms with Crippen molar-refractivity contribution in [1.82, 2.24) is 0 Å². The lowest BCUT2D eigenvalue weighted by Gasteiger charge is -2.12. The van der Waals surface area contributed by atoms with Crippen LogP contribution in [0.25, 0.3) is 0 Å². The summed E-state index contributed by atoms with van der Waals surface area (Å²) in [5.41, 5.74) is 3.53. The number of sulfonamides is 2. The van der Waals surface area contributed by atoms with E-state index in [2.05, 4.69) is 0 Å². The fourth-order valence-electron chi connectivity index (χ4n) is 2.37. The number of carbonyl (C=O) groups excluding carboxylic acids is 1. The van der Waals surface area contributed by atoms with Gasteiger partial charge in [0.1, 0.15) is 29.1 Å². The molecule has 0 aliphatic heterocycles. The second-order valence-corrected chi connectivity index (χ2v) is 13.1. The van der Waals surface area contributed by atoms with Crippen molar-refractivity contribution >= 4 is 43.4 Å². The number of nitrogens with two attached hydrogens (primary N) is 1. The average molecular weight is 628 g/mol. The largest absolute Gasteiger partial charge is 0.396 e. The monoisotopic (exact) mass is 627 g/mol. The number of nitrogen functional groups attached to an aromatic ring is 1. The molecule has 8 nitrogen and oxygen atoms in total. The van der Waals surface area contributed by atoms with Crippen molar-refractivity contribution in [3.63, 3.8) is 0 Å². The van der Waals surface area contributed by atoms with Crippen LogP contribution in [0.5, 0.6) is 0 Å². The van der Waals surface area contributed by atoms with Gasteiger partial charge in [0.05, 0.1) is 33.1 Å². The first-order valence-electron chi connectivity index (χ1n) is 11.4. The van der Waals surface area contributed by atoms with Gasteiger partial charge in [-0.2, -0.15) is 0 Å². The molecule has 0 saturated carbocycles. The van der Waals surface area contributed by atoms with Gasteiger partial charge in [-0.05, 0) is 64.1 Å². The summed E-state index contributed by atoms with van der Waals surface area (Å²) in [6, 6.07) is 7.45. The molecule has 3 aromatic rings. The molecule has 0 heterocycles. The minimum absolute atomic E-state index is 0.00214. The fraction of sp³-hybridized carbons (Fsp3) is 0.240. The summed E-state index contributed by atoms with van der Waals surface area (Å²) in [5, 5.41) is -1.45. The number of hydrogen-bond donors (Lipinski definition) is 3. The van der Waals surface area contributed by atoms with Crippen molar-refractivity contribution in [3.05, 3.63) is 89.0 Å². The number of rotatable bonds is 7. The Labute approximate surface area is 233 Å². The van der Waals surface area contributed by atoms with Crippen LogP contribution in [-0.2, 0) is 20.0 Å². The highest BCUT2D eigenvalue weighted by Gasteiger charge is 2.20. The minimum atomic E-state index is -3.74. The van der Waals surface area contributed by atoms with E-state index in [0.717, 1.165) is 36.4 Å². The first-order valence-corrected chi connectivity index (χ1v) is 14.5. The molecule has 3 aromatic carbocycles. The van der Waals surface area contributed by atoms with Crippen LogP contribution < -0.4 is 15.2 Å². The molecule has 0 atom stereocenters. The Morgan fingerprint density at radius 3 is 1.51 bits per heavy atom. The number of carbonyl (C=O) groups is 1. The summed E-state index contributed by atoms with van der Waals surface area (Å²) >= 11 is 0. The highest BCUT2D eigenvalue weighted by Crippen LogP contribution is 2.22. The standard InChI is InChI=1S/C10H11F2NO3S.C9H11F2NO2S.C6H5F2N/c1-6(2)17(15,16)13-9-4-3-8(11)7(5-14)10(9)12;1-6(2)15(13,14)12-9-4-3-7(10)5-8(9)11;7-4-1-2-6(9)5(8)3-4/h3-6,13H,1-2H3;3-6,12H,1-2H3;1-3H,9H2. The van der Waals surface area contributed by atoms with E-state index in [1.807, 2.05) is 9.44 Å². The van der Waals surface area contributed by atoms with Gasteiger partial charge in [-0.25, -0.2) is 43.2 Å². The van der Waals surface area contributed by atoms with Crippen molar-refractivity contribution in [2.45, 2.75) is 38.2 Å². The average Bonchev–Trinajstić information content (AvgIpc) is 2.86. The first-order chi connectivity index (χ1) is 18.8. The van der Waals surface area contributed by atoms with Crippen LogP contribution in [-0.4, -0.2) is 33.6 Å². The Morgan fingerprint density at radius 1 is 0.659 bits per heavy atom. The SMILES string of the molecule is CC(C)S(=O)(=O)Nc1ccc(F)c(C=O)c1F.CC(C)S(=O)(=O)Nc1ccc(F)cc1F.Nc1ccc(F)cc1F. The van der Waals surface area contributed by atoms with E-state index in [1.165, 1.54) is 33.8 Å². The second kappa shape index (κ2) is 14.7. The summed E-state index contributed by atoms with van der Waals surface area (Å²) in [4.78, 5) is 10.4. The van der Waals surface area contributed by atoms with E-state index >= 15 is 0 Å². The zero-order valence-corrected chi connectivity index (χ0v) is 23.7.